The third-order valence-corrected chi connectivity index (χ3v) is 6.00. The standard InChI is InChI=1S/CH3IN144/c2-1-4-6-8-10-12-14-16-18-20-22-24-26-28-30-32-34-36-38-40-42-44-46-48-50-52-54-56-58-60-62-64-66-68-70-72-74-76-78-80-82-84-86-88-90-92-94-96-98-100-102-104-106-108-110-112-114-116-118-120-122-124-126-128-130-132-134-136-138-140-142-144-146-145-143-141-139-137-135-133-131-129-127-125-123-121-119-117-115-113-111-109-107-105-103-101-99-97-95-93-91-89-87-85-83-81-79-77-75-73-71-69-67-65-63-61-59-57-55-53-51-49-47-45-43-41-39-37-35-33-31-29-27-25-23-21-19-17-15-13-11-9-7-5-3/h1H,(H2,3,6,7,10,11,14,15,18,19,22,23,26,27,30,31,34,35,38,39,42,43,46,47,50,51,54,55,58,59,62,63,66,67,70,71,74,75,78,79,82,83,86,87,90,91,94,95,98,99,102,103,106,107,110,111,114,115,118,119,122,123,126,127,130,131,134,135,138,139,142,143,146). The first-order valence-corrected chi connectivity index (χ1v) is 30.4. The number of halogens is 1. The van der Waals surface area contributed by atoms with Crippen LogP contribution in [0.15, 0.2) is 747 Å². The smallest absolute Gasteiger partial charge is 0.0897 e. The average Bonchev–Trinajstić information content (AvgIpc) is 1.11. The van der Waals surface area contributed by atoms with Gasteiger partial charge >= 0.3 is 0 Å². The molecule has 0 aliphatic carbocycles. The molecule has 734 valence electrons. The van der Waals surface area contributed by atoms with Crippen molar-refractivity contribution < 1.29 is 0 Å². The van der Waals surface area contributed by atoms with E-state index in [1.807, 2.05) is 22.6 Å². The molecule has 0 rings (SSSR count). The van der Waals surface area contributed by atoms with E-state index < -0.39 is 0 Å². The molecule has 144 nitrogen and oxygen atoms in total. The van der Waals surface area contributed by atoms with E-state index in [1.54, 1.807) is 0 Å². The highest BCUT2D eigenvalue weighted by Gasteiger charge is 1.85. The largest absolute Gasteiger partial charge is 0.303 e. The summed E-state index contributed by atoms with van der Waals surface area (Å²) >= 11 is 1.81. The Hall–Kier alpha value is -28.2. The predicted octanol–water partition coefficient (Wildman–Crippen LogP) is 26.4. The third-order valence-electron chi connectivity index (χ3n) is 5.75. The van der Waals surface area contributed by atoms with Crippen LogP contribution in [-0.2, 0) is 0 Å². The monoisotopic (exact) mass is 2160 g/mol. The van der Waals surface area contributed by atoms with Crippen molar-refractivity contribution in [1.29, 1.82) is 0 Å². The van der Waals surface area contributed by atoms with Crippen LogP contribution >= 0.6 is 22.6 Å². The number of rotatable bonds is 71. The van der Waals surface area contributed by atoms with E-state index in [9.17, 15) is 0 Å². The fourth-order valence-corrected chi connectivity index (χ4v) is 2.66. The fraction of sp³-hybridized carbons (Fsp3) is 0. The number of nitrogens with two attached hydrogens (primary N) is 1. The first kappa shape index (κ1) is 118. The molecule has 0 aromatic heterocycles. The molecule has 0 atom stereocenters. The van der Waals surface area contributed by atoms with E-state index in [4.69, 9.17) is 0 Å². The molecule has 0 spiro atoms. The van der Waals surface area contributed by atoms with Gasteiger partial charge in [0.1, 0.15) is 0 Å². The summed E-state index contributed by atoms with van der Waals surface area (Å²) in [5.74, 6) is 4.64. The molecular weight excluding hydrogens is 2160 g/mol. The fourth-order valence-electron chi connectivity index (χ4n) is 2.55. The lowest BCUT2D eigenvalue weighted by Crippen LogP contribution is -1.70. The van der Waals surface area contributed by atoms with Crippen LogP contribution in [0.3, 0.4) is 0 Å². The molecule has 2 N–H and O–H groups in total. The molecule has 0 bridgehead atoms. The molecule has 145 heteroatoms. The molecule has 0 fully saturated rings. The summed E-state index contributed by atoms with van der Waals surface area (Å²) in [4.78, 5) is 0. The van der Waals surface area contributed by atoms with E-state index >= 15 is 0 Å². The number of hydrogen-bond donors (Lipinski definition) is 1. The first-order chi connectivity index (χ1) is 72.9. The minimum atomic E-state index is 1.33. The van der Waals surface area contributed by atoms with E-state index in [0.717, 1.165) is 0 Å². The van der Waals surface area contributed by atoms with Crippen LogP contribution in [0, 0.1) is 0 Å². The lowest BCUT2D eigenvalue weighted by molar-refractivity contribution is 0.722. The Morgan fingerprint density at radius 3 is 0.151 bits per heavy atom. The second kappa shape index (κ2) is 117. The van der Waals surface area contributed by atoms with Gasteiger partial charge in [-0.15, -0.1) is 5.10 Å². The highest BCUT2D eigenvalue weighted by Crippen LogP contribution is 2.03. The molecule has 0 unspecified atom stereocenters. The molecule has 0 saturated heterocycles. The van der Waals surface area contributed by atoms with Crippen LogP contribution in [0.4, 0.5) is 0 Å². The van der Waals surface area contributed by atoms with Crippen LogP contribution in [0.5, 0.6) is 0 Å². The van der Waals surface area contributed by atoms with Gasteiger partial charge in [-0.2, -0.15) is 0 Å². The highest BCUT2D eigenvalue weighted by molar-refractivity contribution is 14.1. The second-order valence-corrected chi connectivity index (χ2v) is 13.5. The summed E-state index contributed by atoms with van der Waals surface area (Å²) in [5, 5.41) is 429. The predicted molar refractivity (Wildman–Crippen MR) is 371 cm³/mol. The van der Waals surface area contributed by atoms with Gasteiger partial charge in [0.25, 0.3) is 0 Å². The Balaban J connectivity index is 4.14. The minimum absolute atomic E-state index is 1.33. The Bertz CT molecular complexity index is 4980. The summed E-state index contributed by atoms with van der Waals surface area (Å²) in [7, 11) is 0. The maximum absolute atomic E-state index is 4.64. The van der Waals surface area contributed by atoms with Crippen molar-refractivity contribution in [2.45, 2.75) is 0 Å². The molecule has 0 heterocycles. The highest BCUT2D eigenvalue weighted by atomic mass is 127. The lowest BCUT2D eigenvalue weighted by Gasteiger charge is -1.71. The average molecular weight is 2160 g/mol. The van der Waals surface area contributed by atoms with E-state index in [1.165, 1.54) is 4.22 Å². The third kappa shape index (κ3) is 116. The Labute approximate surface area is 778 Å². The van der Waals surface area contributed by atoms with Crippen molar-refractivity contribution in [3.63, 3.8) is 0 Å². The minimum Gasteiger partial charge on any atom is -0.303 e. The number of hydrogen-bond acceptors (Lipinski definition) is 2. The van der Waals surface area contributed by atoms with Crippen LogP contribution in [0.1, 0.15) is 0 Å². The van der Waals surface area contributed by atoms with Gasteiger partial charge in [-0.05, 0) is 101 Å². The Morgan fingerprint density at radius 2 is 0.110 bits per heavy atom. The van der Waals surface area contributed by atoms with Gasteiger partial charge in [-0.25, -0.2) is 0 Å². The van der Waals surface area contributed by atoms with Gasteiger partial charge in [0.15, 0.2) is 0 Å². The molecule has 0 aliphatic rings. The summed E-state index contributed by atoms with van der Waals surface area (Å²) in [6.07, 6.45) is 0. The zero-order valence-corrected chi connectivity index (χ0v) is 67.6. The van der Waals surface area contributed by atoms with Crippen LogP contribution < -0.4 is 5.84 Å². The van der Waals surface area contributed by atoms with Crippen molar-refractivity contribution >= 4 is 26.8 Å². The zero-order chi connectivity index (χ0) is 104. The molecule has 0 aromatic carbocycles. The van der Waals surface area contributed by atoms with Crippen molar-refractivity contribution in [3.05, 3.63) is 0 Å². The summed E-state index contributed by atoms with van der Waals surface area (Å²) < 4.78 is 1.33. The van der Waals surface area contributed by atoms with Crippen molar-refractivity contribution in [3.8, 4) is 0 Å². The van der Waals surface area contributed by atoms with Crippen LogP contribution in [-0.4, -0.2) is 4.22 Å². The maximum Gasteiger partial charge on any atom is 0.0897 e. The van der Waals surface area contributed by atoms with Gasteiger partial charge in [0, 0.05) is 658 Å². The molecule has 0 amide bonds. The van der Waals surface area contributed by atoms with Crippen LogP contribution in [0.2, 0.25) is 0 Å². The lowest BCUT2D eigenvalue weighted by atomic mass is 11.7. The molecule has 0 aliphatic heterocycles. The normalized spacial score (nSPS) is 15.8. The van der Waals surface area contributed by atoms with E-state index in [0.29, 0.717) is 0 Å². The van der Waals surface area contributed by atoms with Crippen molar-refractivity contribution in [2.24, 2.45) is 753 Å². The maximum atomic E-state index is 4.64. The SMILES string of the molecule is NN=NN=NN=NN=NN=NN=NN=NN=NN=NN=NN=NN=NN=NN=NN=NN=NN=NN=NN=NN=NN=NN=NN=NN=NN=NN=NN=NN=NN=NN=NN=NN=NN=NN=NN=NN=NN=NN=NN=NN=NN=NN=NN=NN=NN=NN=NN=NN=NN=NN=NN=NN=NN=NN=NN=NN=NN=NN=NN=NN=NN=NN=NN=NN=NN=NN=NN=NN=NN=NN=NN=NN=CI. The quantitative estimate of drug-likeness (QED) is 0.0200. The molecule has 0 radical (unpaired) electrons. The van der Waals surface area contributed by atoms with Gasteiger partial charge in [0.2, 0.25) is 0 Å². The zero-order valence-electron chi connectivity index (χ0n) is 65.5. The van der Waals surface area contributed by atoms with Gasteiger partial charge in [-0.1, -0.05) is 5.22 Å². The molecule has 0 saturated carbocycles. The molecule has 146 heavy (non-hydrogen) atoms. The van der Waals surface area contributed by atoms with Gasteiger partial charge in [0.05, 0.1) is 4.22 Å². The van der Waals surface area contributed by atoms with E-state index in [2.05, 4.69) is 753 Å². The van der Waals surface area contributed by atoms with Gasteiger partial charge < -0.3 is 5.84 Å². The van der Waals surface area contributed by atoms with E-state index in [-0.39, 0.29) is 0 Å². The van der Waals surface area contributed by atoms with Crippen molar-refractivity contribution in [2.75, 3.05) is 0 Å². The first-order valence-electron chi connectivity index (χ1n) is 29.1. The summed E-state index contributed by atoms with van der Waals surface area (Å²) in [5.41, 5.74) is 0. The van der Waals surface area contributed by atoms with Crippen molar-refractivity contribution in [1.82, 2.24) is 0 Å². The van der Waals surface area contributed by atoms with Crippen LogP contribution in [0.25, 0.3) is 0 Å². The molecular formula is CH3IN144. The van der Waals surface area contributed by atoms with Gasteiger partial charge in [-0.3, -0.25) is 0 Å². The molecule has 0 aromatic rings. The Kier molecular flexibility index (Phi) is 94.2. The second-order valence-electron chi connectivity index (χ2n) is 12.9. The summed E-state index contributed by atoms with van der Waals surface area (Å²) in [6.45, 7) is 0. The summed E-state index contributed by atoms with van der Waals surface area (Å²) in [6, 6.07) is 0. The topological polar surface area (TPSA) is 1790 Å². The Morgan fingerprint density at radius 1 is 0.0685 bits per heavy atom. The number of nitrogens with zero attached hydrogens (tertiary/aromatic N) is 143.